The van der Waals surface area contributed by atoms with Gasteiger partial charge in [-0.05, 0) is 13.8 Å². The fourth-order valence-corrected chi connectivity index (χ4v) is 1.23. The fourth-order valence-electron chi connectivity index (χ4n) is 1.23. The quantitative estimate of drug-likeness (QED) is 0.774. The van der Waals surface area contributed by atoms with Crippen molar-refractivity contribution in [3.63, 3.8) is 0 Å². The lowest BCUT2D eigenvalue weighted by Crippen LogP contribution is -2.25. The van der Waals surface area contributed by atoms with Crippen molar-refractivity contribution in [3.8, 4) is 6.08 Å². The minimum absolute atomic E-state index is 0.186. The van der Waals surface area contributed by atoms with Crippen LogP contribution < -0.4 is 10.1 Å². The zero-order chi connectivity index (χ0) is 13.6. The van der Waals surface area contributed by atoms with Crippen molar-refractivity contribution < 1.29 is 13.9 Å². The van der Waals surface area contributed by atoms with E-state index in [0.29, 0.717) is 25.3 Å². The molecule has 0 fully saturated rings. The average Bonchev–Trinajstić information content (AvgIpc) is 2.74. The fraction of sp³-hybridized carbons (Fsp3) is 0.769. The molecule has 0 radical (unpaired) electrons. The van der Waals surface area contributed by atoms with E-state index < -0.39 is 0 Å². The van der Waals surface area contributed by atoms with Crippen LogP contribution in [0.4, 0.5) is 0 Å². The van der Waals surface area contributed by atoms with Crippen molar-refractivity contribution in [3.05, 3.63) is 12.0 Å². The van der Waals surface area contributed by atoms with Gasteiger partial charge < -0.3 is 19.2 Å². The summed E-state index contributed by atoms with van der Waals surface area (Å²) in [7, 11) is 1.70. The molecule has 0 amide bonds. The van der Waals surface area contributed by atoms with E-state index in [-0.39, 0.29) is 5.60 Å². The van der Waals surface area contributed by atoms with Crippen LogP contribution in [0, 0.1) is 0 Å². The topological polar surface area (TPSA) is 56.5 Å². The van der Waals surface area contributed by atoms with E-state index in [1.165, 1.54) is 0 Å². The van der Waals surface area contributed by atoms with Gasteiger partial charge in [0, 0.05) is 26.1 Å². The van der Waals surface area contributed by atoms with Gasteiger partial charge in [0.05, 0.1) is 17.9 Å². The van der Waals surface area contributed by atoms with Crippen molar-refractivity contribution in [2.24, 2.45) is 0 Å². The van der Waals surface area contributed by atoms with E-state index in [1.54, 1.807) is 13.4 Å². The lowest BCUT2D eigenvalue weighted by atomic mass is 10.1. The van der Waals surface area contributed by atoms with Crippen LogP contribution in [0.3, 0.4) is 0 Å². The zero-order valence-electron chi connectivity index (χ0n) is 11.9. The van der Waals surface area contributed by atoms with Gasteiger partial charge in [-0.15, -0.1) is 0 Å². The highest BCUT2D eigenvalue weighted by atomic mass is 16.6. The van der Waals surface area contributed by atoms with Gasteiger partial charge in [-0.1, -0.05) is 13.8 Å². The molecule has 1 aromatic rings. The Morgan fingerprint density at radius 3 is 2.78 bits per heavy atom. The summed E-state index contributed by atoms with van der Waals surface area (Å²) in [6.45, 7) is 9.43. The van der Waals surface area contributed by atoms with Crippen LogP contribution in [-0.2, 0) is 11.3 Å². The molecule has 18 heavy (non-hydrogen) atoms. The molecular weight excluding hydrogens is 232 g/mol. The molecule has 104 valence electrons. The zero-order valence-corrected chi connectivity index (χ0v) is 11.9. The monoisotopic (exact) mass is 256 g/mol. The smallest absolute Gasteiger partial charge is 0.393 e. The highest BCUT2D eigenvalue weighted by Gasteiger charge is 2.16. The molecule has 0 aliphatic carbocycles. The maximum Gasteiger partial charge on any atom is 0.393 e. The summed E-state index contributed by atoms with van der Waals surface area (Å²) >= 11 is 0. The maximum absolute atomic E-state index is 5.45. The Morgan fingerprint density at radius 2 is 2.17 bits per heavy atom. The van der Waals surface area contributed by atoms with Gasteiger partial charge in [-0.2, -0.15) is 4.98 Å². The number of nitrogens with one attached hydrogen (secondary N) is 1. The van der Waals surface area contributed by atoms with Crippen LogP contribution in [0.2, 0.25) is 0 Å². The molecule has 1 aromatic heterocycles. The summed E-state index contributed by atoms with van der Waals surface area (Å²) in [5, 5.41) is 3.27. The van der Waals surface area contributed by atoms with Crippen LogP contribution in [-0.4, -0.2) is 30.3 Å². The van der Waals surface area contributed by atoms with Gasteiger partial charge in [-0.25, -0.2) is 0 Å². The summed E-state index contributed by atoms with van der Waals surface area (Å²) in [6.07, 6.45) is 2.72. The molecule has 5 heteroatoms. The second kappa shape index (κ2) is 6.75. The average molecular weight is 256 g/mol. The molecule has 0 spiro atoms. The van der Waals surface area contributed by atoms with Gasteiger partial charge in [0.25, 0.3) is 0 Å². The molecule has 0 saturated heterocycles. The van der Waals surface area contributed by atoms with Gasteiger partial charge >= 0.3 is 6.08 Å². The Bertz CT molecular complexity index is 348. The molecule has 0 aliphatic heterocycles. The Morgan fingerprint density at radius 1 is 1.44 bits per heavy atom. The second-order valence-corrected chi connectivity index (χ2v) is 5.20. The standard InChI is InChI=1S/C13H24N2O3/c1-10(2)14-8-11-9-18-12(15-11)17-7-6-13(3,4)16-5/h9-10,14H,6-8H2,1-5H3. The van der Waals surface area contributed by atoms with Gasteiger partial charge in [0.2, 0.25) is 0 Å². The number of methoxy groups -OCH3 is 1. The van der Waals surface area contributed by atoms with Gasteiger partial charge in [-0.3, -0.25) is 0 Å². The predicted octanol–water partition coefficient (Wildman–Crippen LogP) is 2.37. The van der Waals surface area contributed by atoms with Crippen molar-refractivity contribution in [2.75, 3.05) is 13.7 Å². The minimum atomic E-state index is -0.186. The summed E-state index contributed by atoms with van der Waals surface area (Å²) in [5.41, 5.74) is 0.666. The van der Waals surface area contributed by atoms with E-state index >= 15 is 0 Å². The van der Waals surface area contributed by atoms with Crippen LogP contribution in [0.25, 0.3) is 0 Å². The highest BCUT2D eigenvalue weighted by Crippen LogP contribution is 2.15. The third-order valence-electron chi connectivity index (χ3n) is 2.70. The first kappa shape index (κ1) is 15.0. The lowest BCUT2D eigenvalue weighted by molar-refractivity contribution is 0.00291. The van der Waals surface area contributed by atoms with E-state index in [9.17, 15) is 0 Å². The molecule has 0 atom stereocenters. The summed E-state index contributed by atoms with van der Waals surface area (Å²) in [4.78, 5) is 4.24. The molecule has 0 bridgehead atoms. The molecule has 0 saturated carbocycles. The molecular formula is C13H24N2O3. The molecule has 0 aliphatic rings. The highest BCUT2D eigenvalue weighted by molar-refractivity contribution is 4.99. The maximum atomic E-state index is 5.45. The van der Waals surface area contributed by atoms with E-state index in [4.69, 9.17) is 13.9 Å². The van der Waals surface area contributed by atoms with Crippen molar-refractivity contribution >= 4 is 0 Å². The van der Waals surface area contributed by atoms with Gasteiger partial charge in [0.15, 0.2) is 0 Å². The van der Waals surface area contributed by atoms with Crippen molar-refractivity contribution in [1.29, 1.82) is 0 Å². The molecule has 0 aromatic carbocycles. The van der Waals surface area contributed by atoms with E-state index in [1.807, 2.05) is 13.8 Å². The normalized spacial score (nSPS) is 12.1. The summed E-state index contributed by atoms with van der Waals surface area (Å²) < 4.78 is 16.0. The summed E-state index contributed by atoms with van der Waals surface area (Å²) in [6, 6.07) is 0.425. The number of oxazole rings is 1. The number of aromatic nitrogens is 1. The van der Waals surface area contributed by atoms with E-state index in [2.05, 4.69) is 24.1 Å². The van der Waals surface area contributed by atoms with Crippen LogP contribution in [0.15, 0.2) is 10.7 Å². The van der Waals surface area contributed by atoms with Crippen molar-refractivity contribution in [1.82, 2.24) is 10.3 Å². The first-order chi connectivity index (χ1) is 8.43. The van der Waals surface area contributed by atoms with E-state index in [0.717, 1.165) is 12.1 Å². The Hall–Kier alpha value is -1.07. The molecule has 0 unspecified atom stereocenters. The second-order valence-electron chi connectivity index (χ2n) is 5.20. The van der Waals surface area contributed by atoms with Crippen LogP contribution >= 0.6 is 0 Å². The largest absolute Gasteiger partial charge is 0.450 e. The Labute approximate surface area is 109 Å². The van der Waals surface area contributed by atoms with Crippen molar-refractivity contribution in [2.45, 2.75) is 52.3 Å². The van der Waals surface area contributed by atoms with Gasteiger partial charge in [0.1, 0.15) is 6.26 Å². The third-order valence-corrected chi connectivity index (χ3v) is 2.70. The third kappa shape index (κ3) is 5.51. The van der Waals surface area contributed by atoms with Crippen LogP contribution in [0.1, 0.15) is 39.8 Å². The number of hydrogen-bond acceptors (Lipinski definition) is 5. The predicted molar refractivity (Wildman–Crippen MR) is 69.7 cm³/mol. The number of nitrogens with zero attached hydrogens (tertiary/aromatic N) is 1. The molecule has 5 nitrogen and oxygen atoms in total. The Kier molecular flexibility index (Phi) is 5.62. The molecule has 1 rings (SSSR count). The molecule has 1 heterocycles. The first-order valence-corrected chi connectivity index (χ1v) is 6.28. The first-order valence-electron chi connectivity index (χ1n) is 6.28. The lowest BCUT2D eigenvalue weighted by Gasteiger charge is -2.21. The number of ether oxygens (including phenoxy) is 2. The molecule has 1 N–H and O–H groups in total. The SMILES string of the molecule is COC(C)(C)CCOc1nc(CNC(C)C)co1. The number of hydrogen-bond donors (Lipinski definition) is 1. The number of rotatable bonds is 8. The Balaban J connectivity index is 2.31. The van der Waals surface area contributed by atoms with Crippen LogP contribution in [0.5, 0.6) is 6.08 Å². The summed E-state index contributed by atoms with van der Waals surface area (Å²) in [5.74, 6) is 0. The minimum Gasteiger partial charge on any atom is -0.450 e.